The average molecular weight is 271 g/mol. The van der Waals surface area contributed by atoms with Gasteiger partial charge >= 0.3 is 0 Å². The normalized spacial score (nSPS) is 28.4. The molecular weight excluding hydrogens is 254 g/mol. The van der Waals surface area contributed by atoms with Crippen LogP contribution in [0.4, 0.5) is 5.13 Å². The second-order valence-electron chi connectivity index (χ2n) is 4.55. The number of anilines is 1. The quantitative estimate of drug-likeness (QED) is 0.716. The van der Waals surface area contributed by atoms with E-state index in [1.54, 1.807) is 5.38 Å². The number of primary amides is 1. The maximum Gasteiger partial charge on any atom is 0.268 e. The van der Waals surface area contributed by atoms with Crippen molar-refractivity contribution in [2.45, 2.75) is 31.5 Å². The number of nitrogens with two attached hydrogens (primary N) is 1. The van der Waals surface area contributed by atoms with Gasteiger partial charge in [0.25, 0.3) is 5.91 Å². The molecule has 1 aliphatic heterocycles. The number of β-amino-alcohol motifs (C(OH)–C–C–N with tert-alkyl or cyclic N) is 1. The second kappa shape index (κ2) is 4.83. The van der Waals surface area contributed by atoms with Crippen molar-refractivity contribution in [3.8, 4) is 0 Å². The summed E-state index contributed by atoms with van der Waals surface area (Å²) in [5.74, 6) is -0.555. The van der Waals surface area contributed by atoms with Crippen LogP contribution in [0.1, 0.15) is 30.3 Å². The zero-order valence-electron chi connectivity index (χ0n) is 10.2. The maximum atomic E-state index is 11.0. The molecule has 1 aliphatic rings. The second-order valence-corrected chi connectivity index (χ2v) is 5.39. The Morgan fingerprint density at radius 3 is 3.00 bits per heavy atom. The Labute approximate surface area is 109 Å². The first-order chi connectivity index (χ1) is 8.46. The molecule has 2 rings (SSSR count). The third-order valence-corrected chi connectivity index (χ3v) is 4.36. The molecule has 1 aromatic heterocycles. The molecule has 2 heterocycles. The van der Waals surface area contributed by atoms with E-state index < -0.39 is 17.6 Å². The zero-order valence-corrected chi connectivity index (χ0v) is 11.0. The third-order valence-electron chi connectivity index (χ3n) is 3.46. The van der Waals surface area contributed by atoms with Gasteiger partial charge in [-0.15, -0.1) is 11.3 Å². The first kappa shape index (κ1) is 13.3. The van der Waals surface area contributed by atoms with E-state index in [0.29, 0.717) is 31.1 Å². The van der Waals surface area contributed by atoms with Crippen LogP contribution in [0, 0.1) is 0 Å². The summed E-state index contributed by atoms with van der Waals surface area (Å²) < 4.78 is 0. The van der Waals surface area contributed by atoms with Gasteiger partial charge in [-0.25, -0.2) is 4.98 Å². The van der Waals surface area contributed by atoms with E-state index in [0.717, 1.165) is 0 Å². The standard InChI is InChI=1S/C11H17N3O3S/c1-2-11(17)3-4-14(5-8(11)15)10-13-7(6-18-10)9(12)16/h6,8,15,17H,2-5H2,1H3,(H2,12,16)/t8-,11-/m0/s1. The Morgan fingerprint density at radius 1 is 1.78 bits per heavy atom. The van der Waals surface area contributed by atoms with Crippen LogP contribution in [0.15, 0.2) is 5.38 Å². The maximum absolute atomic E-state index is 11.0. The first-order valence-electron chi connectivity index (χ1n) is 5.87. The average Bonchev–Trinajstić information content (AvgIpc) is 2.82. The number of nitrogens with zero attached hydrogens (tertiary/aromatic N) is 2. The van der Waals surface area contributed by atoms with Crippen molar-refractivity contribution in [3.05, 3.63) is 11.1 Å². The third kappa shape index (κ3) is 2.33. The largest absolute Gasteiger partial charge is 0.388 e. The van der Waals surface area contributed by atoms with Crippen LogP contribution >= 0.6 is 11.3 Å². The first-order valence-corrected chi connectivity index (χ1v) is 6.75. The van der Waals surface area contributed by atoms with E-state index in [9.17, 15) is 15.0 Å². The van der Waals surface area contributed by atoms with Crippen LogP contribution in [0.25, 0.3) is 0 Å². The van der Waals surface area contributed by atoms with E-state index in [2.05, 4.69) is 4.98 Å². The Hall–Kier alpha value is -1.18. The number of hydrogen-bond donors (Lipinski definition) is 3. The molecule has 1 saturated heterocycles. The summed E-state index contributed by atoms with van der Waals surface area (Å²) in [6.45, 7) is 2.77. The number of amides is 1. The molecule has 1 amide bonds. The minimum absolute atomic E-state index is 0.237. The number of carbonyl (C=O) groups excluding carboxylic acids is 1. The number of thiazole rings is 1. The molecule has 0 spiro atoms. The summed E-state index contributed by atoms with van der Waals surface area (Å²) in [6.07, 6.45) is 0.194. The molecule has 18 heavy (non-hydrogen) atoms. The number of rotatable bonds is 3. The Bertz CT molecular complexity index is 450. The van der Waals surface area contributed by atoms with Crippen molar-refractivity contribution < 1.29 is 15.0 Å². The Morgan fingerprint density at radius 2 is 2.50 bits per heavy atom. The molecule has 2 atom stereocenters. The summed E-state index contributed by atoms with van der Waals surface area (Å²) in [5, 5.41) is 22.4. The molecule has 0 unspecified atom stereocenters. The highest BCUT2D eigenvalue weighted by atomic mass is 32.1. The SMILES string of the molecule is CC[C@]1(O)CCN(c2nc(C(N)=O)cs2)C[C@@H]1O. The van der Waals surface area contributed by atoms with Crippen molar-refractivity contribution in [3.63, 3.8) is 0 Å². The van der Waals surface area contributed by atoms with Crippen molar-refractivity contribution >= 4 is 22.4 Å². The van der Waals surface area contributed by atoms with Crippen molar-refractivity contribution in [2.75, 3.05) is 18.0 Å². The number of aliphatic hydroxyl groups excluding tert-OH is 1. The summed E-state index contributed by atoms with van der Waals surface area (Å²) in [7, 11) is 0. The molecule has 0 aliphatic carbocycles. The zero-order chi connectivity index (χ0) is 13.3. The van der Waals surface area contributed by atoms with Gasteiger partial charge in [-0.3, -0.25) is 4.79 Å². The molecule has 4 N–H and O–H groups in total. The minimum atomic E-state index is -1.01. The van der Waals surface area contributed by atoms with Gasteiger partial charge in [0.05, 0.1) is 5.60 Å². The van der Waals surface area contributed by atoms with E-state index in [1.807, 2.05) is 11.8 Å². The summed E-state index contributed by atoms with van der Waals surface area (Å²) >= 11 is 1.32. The number of hydrogen-bond acceptors (Lipinski definition) is 6. The molecule has 6 nitrogen and oxygen atoms in total. The lowest BCUT2D eigenvalue weighted by Gasteiger charge is -2.41. The van der Waals surface area contributed by atoms with Crippen LogP contribution in [-0.4, -0.2) is 45.9 Å². The van der Waals surface area contributed by atoms with Gasteiger partial charge in [-0.05, 0) is 12.8 Å². The number of carbonyl (C=O) groups is 1. The van der Waals surface area contributed by atoms with Gasteiger partial charge < -0.3 is 20.8 Å². The van der Waals surface area contributed by atoms with Crippen molar-refractivity contribution in [2.24, 2.45) is 5.73 Å². The van der Waals surface area contributed by atoms with Crippen molar-refractivity contribution in [1.82, 2.24) is 4.98 Å². The topological polar surface area (TPSA) is 99.7 Å². The molecule has 7 heteroatoms. The minimum Gasteiger partial charge on any atom is -0.388 e. The highest BCUT2D eigenvalue weighted by Gasteiger charge is 2.39. The van der Waals surface area contributed by atoms with E-state index in [1.165, 1.54) is 11.3 Å². The lowest BCUT2D eigenvalue weighted by atomic mass is 9.86. The number of aliphatic hydroxyl groups is 2. The fourth-order valence-electron chi connectivity index (χ4n) is 2.07. The predicted octanol–water partition coefficient (Wildman–Crippen LogP) is -0.0459. The molecule has 1 fully saturated rings. The predicted molar refractivity (Wildman–Crippen MR) is 68.7 cm³/mol. The van der Waals surface area contributed by atoms with Gasteiger partial charge in [0.1, 0.15) is 11.8 Å². The summed E-state index contributed by atoms with van der Waals surface area (Å²) in [4.78, 5) is 17.0. The van der Waals surface area contributed by atoms with Crippen LogP contribution in [0.3, 0.4) is 0 Å². The van der Waals surface area contributed by atoms with Crippen LogP contribution in [0.5, 0.6) is 0 Å². The van der Waals surface area contributed by atoms with E-state index in [4.69, 9.17) is 5.73 Å². The van der Waals surface area contributed by atoms with Crippen LogP contribution in [0.2, 0.25) is 0 Å². The molecule has 100 valence electrons. The van der Waals surface area contributed by atoms with Gasteiger partial charge in [-0.2, -0.15) is 0 Å². The van der Waals surface area contributed by atoms with E-state index in [-0.39, 0.29) is 5.69 Å². The fraction of sp³-hybridized carbons (Fsp3) is 0.636. The molecule has 1 aromatic rings. The molecule has 0 bridgehead atoms. The lowest BCUT2D eigenvalue weighted by molar-refractivity contribution is -0.0878. The van der Waals surface area contributed by atoms with Crippen LogP contribution in [-0.2, 0) is 0 Å². The van der Waals surface area contributed by atoms with Crippen LogP contribution < -0.4 is 10.6 Å². The molecule has 0 radical (unpaired) electrons. The van der Waals surface area contributed by atoms with Gasteiger partial charge in [-0.1, -0.05) is 6.92 Å². The molecular formula is C11H17N3O3S. The Kier molecular flexibility index (Phi) is 3.56. The highest BCUT2D eigenvalue weighted by molar-refractivity contribution is 7.13. The summed E-state index contributed by atoms with van der Waals surface area (Å²) in [6, 6.07) is 0. The highest BCUT2D eigenvalue weighted by Crippen LogP contribution is 2.30. The smallest absolute Gasteiger partial charge is 0.268 e. The number of aromatic nitrogens is 1. The van der Waals surface area contributed by atoms with Gasteiger partial charge in [0.15, 0.2) is 5.13 Å². The lowest BCUT2D eigenvalue weighted by Crippen LogP contribution is -2.55. The van der Waals surface area contributed by atoms with E-state index >= 15 is 0 Å². The Balaban J connectivity index is 2.10. The number of piperidine rings is 1. The monoisotopic (exact) mass is 271 g/mol. The summed E-state index contributed by atoms with van der Waals surface area (Å²) in [5.41, 5.74) is 4.37. The molecule has 0 saturated carbocycles. The molecule has 0 aromatic carbocycles. The van der Waals surface area contributed by atoms with Gasteiger partial charge in [0.2, 0.25) is 0 Å². The van der Waals surface area contributed by atoms with Crippen molar-refractivity contribution in [1.29, 1.82) is 0 Å². The fourth-order valence-corrected chi connectivity index (χ4v) is 2.93. The van der Waals surface area contributed by atoms with Gasteiger partial charge in [0, 0.05) is 18.5 Å².